The van der Waals surface area contributed by atoms with E-state index in [1.807, 2.05) is 0 Å². The van der Waals surface area contributed by atoms with Crippen molar-refractivity contribution in [2.45, 2.75) is 19.3 Å². The lowest BCUT2D eigenvalue weighted by Crippen LogP contribution is -2.08. The molecule has 10 heteroatoms. The van der Waals surface area contributed by atoms with Gasteiger partial charge in [0, 0.05) is 5.56 Å². The number of hydrogen-bond acceptors (Lipinski definition) is 3. The molecule has 1 aromatic carbocycles. The van der Waals surface area contributed by atoms with Crippen LogP contribution < -0.4 is 0 Å². The maximum atomic E-state index is 13.3. The summed E-state index contributed by atoms with van der Waals surface area (Å²) < 4.78 is 77.8. The van der Waals surface area contributed by atoms with Gasteiger partial charge in [-0.2, -0.15) is 31.4 Å². The number of nitrogens with zero attached hydrogens (tertiary/aromatic N) is 3. The predicted octanol–water partition coefficient (Wildman–Crippen LogP) is 4.88. The maximum absolute atomic E-state index is 13.3. The first-order valence-corrected chi connectivity index (χ1v) is 7.19. The largest absolute Gasteiger partial charge is 0.435 e. The highest BCUT2D eigenvalue weighted by Gasteiger charge is 2.35. The minimum absolute atomic E-state index is 0.0563. The Morgan fingerprint density at radius 1 is 0.885 bits per heavy atom. The highest BCUT2D eigenvalue weighted by Crippen LogP contribution is 2.37. The van der Waals surface area contributed by atoms with Crippen molar-refractivity contribution in [3.8, 4) is 22.6 Å². The van der Waals surface area contributed by atoms with Crippen molar-refractivity contribution in [1.82, 2.24) is 20.2 Å². The first-order chi connectivity index (χ1) is 12.1. The fourth-order valence-electron chi connectivity index (χ4n) is 2.34. The Morgan fingerprint density at radius 3 is 2.19 bits per heavy atom. The summed E-state index contributed by atoms with van der Waals surface area (Å²) in [6, 6.07) is 4.42. The summed E-state index contributed by atoms with van der Waals surface area (Å²) in [4.78, 5) is 7.81. The normalized spacial score (nSPS) is 12.4. The number of alkyl halides is 6. The standard InChI is InChI=1S/C16H10F6N4/c1-8-2-3-9(10(4-8)15(17,18)19)12-6-23-7-13(24-12)11-5-14(26-25-11)16(20,21)22/h2-7H,1H3,(H,25,26). The van der Waals surface area contributed by atoms with Crippen LogP contribution in [0, 0.1) is 6.92 Å². The van der Waals surface area contributed by atoms with Crippen molar-refractivity contribution < 1.29 is 26.3 Å². The van der Waals surface area contributed by atoms with E-state index in [4.69, 9.17) is 0 Å². The van der Waals surface area contributed by atoms with Crippen LogP contribution in [0.15, 0.2) is 36.7 Å². The number of aryl methyl sites for hydroxylation is 1. The van der Waals surface area contributed by atoms with Crippen molar-refractivity contribution in [1.29, 1.82) is 0 Å². The third-order valence-electron chi connectivity index (χ3n) is 3.54. The molecule has 3 aromatic rings. The third kappa shape index (κ3) is 3.53. The molecule has 0 bridgehead atoms. The lowest BCUT2D eigenvalue weighted by atomic mass is 10.0. The zero-order valence-electron chi connectivity index (χ0n) is 13.1. The average Bonchev–Trinajstić information content (AvgIpc) is 3.04. The summed E-state index contributed by atoms with van der Waals surface area (Å²) in [7, 11) is 0. The molecule has 3 rings (SSSR count). The van der Waals surface area contributed by atoms with Crippen LogP contribution >= 0.6 is 0 Å². The molecular weight excluding hydrogens is 362 g/mol. The molecule has 26 heavy (non-hydrogen) atoms. The molecule has 0 radical (unpaired) electrons. The molecule has 2 heterocycles. The Kier molecular flexibility index (Phi) is 4.21. The van der Waals surface area contributed by atoms with Gasteiger partial charge in [-0.1, -0.05) is 17.7 Å². The van der Waals surface area contributed by atoms with Gasteiger partial charge in [0.2, 0.25) is 0 Å². The number of rotatable bonds is 2. The van der Waals surface area contributed by atoms with Gasteiger partial charge in [0.25, 0.3) is 0 Å². The van der Waals surface area contributed by atoms with Crippen LogP contribution in [0.25, 0.3) is 22.6 Å². The number of hydrogen-bond donors (Lipinski definition) is 1. The number of halogens is 6. The lowest BCUT2D eigenvalue weighted by Gasteiger charge is -2.13. The average molecular weight is 372 g/mol. The first kappa shape index (κ1) is 17.9. The van der Waals surface area contributed by atoms with E-state index in [9.17, 15) is 26.3 Å². The second kappa shape index (κ2) is 6.11. The van der Waals surface area contributed by atoms with Crippen molar-refractivity contribution >= 4 is 0 Å². The van der Waals surface area contributed by atoms with Gasteiger partial charge in [-0.05, 0) is 19.1 Å². The summed E-state index contributed by atoms with van der Waals surface area (Å²) in [5.74, 6) is 0. The molecular formula is C16H10F6N4. The Hall–Kier alpha value is -2.91. The molecule has 0 saturated carbocycles. The molecule has 2 aromatic heterocycles. The van der Waals surface area contributed by atoms with E-state index < -0.39 is 23.6 Å². The van der Waals surface area contributed by atoms with E-state index in [2.05, 4.69) is 20.2 Å². The molecule has 136 valence electrons. The van der Waals surface area contributed by atoms with E-state index >= 15 is 0 Å². The van der Waals surface area contributed by atoms with Gasteiger partial charge in [-0.25, -0.2) is 4.98 Å². The van der Waals surface area contributed by atoms with Crippen LogP contribution in [0.3, 0.4) is 0 Å². The van der Waals surface area contributed by atoms with Gasteiger partial charge in [0.15, 0.2) is 5.69 Å². The van der Waals surface area contributed by atoms with E-state index in [0.29, 0.717) is 11.6 Å². The third-order valence-corrected chi connectivity index (χ3v) is 3.54. The van der Waals surface area contributed by atoms with Gasteiger partial charge in [-0.3, -0.25) is 10.1 Å². The molecule has 0 atom stereocenters. The molecule has 1 N–H and O–H groups in total. The Balaban J connectivity index is 2.08. The molecule has 4 nitrogen and oxygen atoms in total. The molecule has 0 fully saturated rings. The van der Waals surface area contributed by atoms with Gasteiger partial charge in [0.05, 0.1) is 29.3 Å². The summed E-state index contributed by atoms with van der Waals surface area (Å²) in [6.45, 7) is 1.52. The quantitative estimate of drug-likeness (QED) is 0.653. The minimum atomic E-state index is -4.65. The molecule has 0 aliphatic heterocycles. The van der Waals surface area contributed by atoms with E-state index in [1.165, 1.54) is 19.1 Å². The highest BCUT2D eigenvalue weighted by atomic mass is 19.4. The molecule has 0 unspecified atom stereocenters. The first-order valence-electron chi connectivity index (χ1n) is 7.19. The number of aromatic amines is 1. The summed E-state index contributed by atoms with van der Waals surface area (Å²) >= 11 is 0. The zero-order valence-corrected chi connectivity index (χ0v) is 13.1. The molecule has 0 aliphatic carbocycles. The van der Waals surface area contributed by atoms with Crippen LogP contribution in [-0.4, -0.2) is 20.2 Å². The molecule has 0 saturated heterocycles. The van der Waals surface area contributed by atoms with Gasteiger partial charge >= 0.3 is 12.4 Å². The summed E-state index contributed by atoms with van der Waals surface area (Å²) in [5, 5.41) is 5.30. The molecule has 0 amide bonds. The SMILES string of the molecule is Cc1ccc(-c2cncc(-c3cc(C(F)(F)F)n[nH]3)n2)c(C(F)(F)F)c1. The smallest absolute Gasteiger partial charge is 0.276 e. The van der Waals surface area contributed by atoms with Crippen molar-refractivity contribution in [2.75, 3.05) is 0 Å². The van der Waals surface area contributed by atoms with Crippen molar-refractivity contribution in [3.05, 3.63) is 53.5 Å². The van der Waals surface area contributed by atoms with Crippen LogP contribution in [0.5, 0.6) is 0 Å². The van der Waals surface area contributed by atoms with Crippen molar-refractivity contribution in [2.24, 2.45) is 0 Å². The molecule has 0 aliphatic rings. The zero-order chi connectivity index (χ0) is 19.1. The number of aromatic nitrogens is 4. The minimum Gasteiger partial charge on any atom is -0.276 e. The predicted molar refractivity (Wildman–Crippen MR) is 79.8 cm³/mol. The Labute approximate surface area is 142 Å². The topological polar surface area (TPSA) is 54.5 Å². The second-order valence-corrected chi connectivity index (χ2v) is 5.50. The van der Waals surface area contributed by atoms with E-state index in [-0.39, 0.29) is 22.6 Å². The fourth-order valence-corrected chi connectivity index (χ4v) is 2.34. The summed E-state index contributed by atoms with van der Waals surface area (Å²) in [6.07, 6.45) is -7.01. The van der Waals surface area contributed by atoms with E-state index in [1.54, 1.807) is 0 Å². The van der Waals surface area contributed by atoms with Crippen LogP contribution in [0.2, 0.25) is 0 Å². The number of H-pyrrole nitrogens is 1. The van der Waals surface area contributed by atoms with Gasteiger partial charge in [-0.15, -0.1) is 0 Å². The fraction of sp³-hybridized carbons (Fsp3) is 0.188. The second-order valence-electron chi connectivity index (χ2n) is 5.50. The van der Waals surface area contributed by atoms with Gasteiger partial charge in [0.1, 0.15) is 5.69 Å². The van der Waals surface area contributed by atoms with Crippen LogP contribution in [-0.2, 0) is 12.4 Å². The Bertz CT molecular complexity index is 942. The summed E-state index contributed by atoms with van der Waals surface area (Å²) in [5.41, 5.74) is -2.14. The number of benzene rings is 1. The highest BCUT2D eigenvalue weighted by molar-refractivity contribution is 5.67. The van der Waals surface area contributed by atoms with Gasteiger partial charge < -0.3 is 0 Å². The monoisotopic (exact) mass is 372 g/mol. The van der Waals surface area contributed by atoms with Crippen LogP contribution in [0.1, 0.15) is 16.8 Å². The lowest BCUT2D eigenvalue weighted by molar-refractivity contribution is -0.141. The molecule has 0 spiro atoms. The number of nitrogens with one attached hydrogen (secondary N) is 1. The van der Waals surface area contributed by atoms with Crippen LogP contribution in [0.4, 0.5) is 26.3 Å². The maximum Gasteiger partial charge on any atom is 0.435 e. The van der Waals surface area contributed by atoms with Crippen molar-refractivity contribution in [3.63, 3.8) is 0 Å². The Morgan fingerprint density at radius 2 is 1.58 bits per heavy atom. The van der Waals surface area contributed by atoms with E-state index in [0.717, 1.165) is 18.5 Å².